The van der Waals surface area contributed by atoms with Gasteiger partial charge in [-0.15, -0.1) is 0 Å². The van der Waals surface area contributed by atoms with Crippen LogP contribution in [0.5, 0.6) is 0 Å². The quantitative estimate of drug-likeness (QED) is 0.467. The fraction of sp³-hybridized carbons (Fsp3) is 0.714. The van der Waals surface area contributed by atoms with Crippen molar-refractivity contribution in [1.82, 2.24) is 5.32 Å². The first-order chi connectivity index (χ1) is 6.43. The minimum Gasteiger partial charge on any atom is -0.370 e. The Balaban J connectivity index is 3.73. The standard InChI is InChI=1S/C7H15N3O3S/c1-14(13)3-2-10-7(12)5(8)4-6(9)11/h5H,2-4,8H2,1H3,(H2,9,11)(H,10,12). The molecule has 0 spiro atoms. The second-order valence-electron chi connectivity index (χ2n) is 2.85. The Bertz CT molecular complexity index is 244. The smallest absolute Gasteiger partial charge is 0.237 e. The van der Waals surface area contributed by atoms with Gasteiger partial charge in [-0.3, -0.25) is 13.8 Å². The first-order valence-corrected chi connectivity index (χ1v) is 5.78. The summed E-state index contributed by atoms with van der Waals surface area (Å²) >= 11 is 0. The van der Waals surface area contributed by atoms with Crippen molar-refractivity contribution in [3.8, 4) is 0 Å². The summed E-state index contributed by atoms with van der Waals surface area (Å²) in [6, 6.07) is -0.919. The SMILES string of the molecule is CS(=O)CCNC(=O)C(N)CC(N)=O. The third-order valence-corrected chi connectivity index (χ3v) is 2.23. The Morgan fingerprint density at radius 1 is 1.50 bits per heavy atom. The molecule has 2 unspecified atom stereocenters. The molecule has 0 aromatic carbocycles. The zero-order valence-electron chi connectivity index (χ0n) is 7.99. The van der Waals surface area contributed by atoms with Crippen molar-refractivity contribution in [2.75, 3.05) is 18.6 Å². The molecule has 0 bridgehead atoms. The van der Waals surface area contributed by atoms with Gasteiger partial charge in [0.2, 0.25) is 11.8 Å². The molecule has 0 saturated carbocycles. The Morgan fingerprint density at radius 3 is 2.50 bits per heavy atom. The van der Waals surface area contributed by atoms with E-state index >= 15 is 0 Å². The van der Waals surface area contributed by atoms with Gasteiger partial charge < -0.3 is 16.8 Å². The van der Waals surface area contributed by atoms with Crippen molar-refractivity contribution in [3.05, 3.63) is 0 Å². The molecule has 0 fully saturated rings. The summed E-state index contributed by atoms with van der Waals surface area (Å²) in [7, 11) is -0.953. The summed E-state index contributed by atoms with van der Waals surface area (Å²) in [5, 5.41) is 2.45. The van der Waals surface area contributed by atoms with Crippen LogP contribution < -0.4 is 16.8 Å². The number of carbonyl (C=O) groups excluding carboxylic acids is 2. The van der Waals surface area contributed by atoms with E-state index in [0.717, 1.165) is 0 Å². The molecular formula is C7H15N3O3S. The van der Waals surface area contributed by atoms with E-state index in [1.165, 1.54) is 6.26 Å². The second-order valence-corrected chi connectivity index (χ2v) is 4.40. The molecule has 2 atom stereocenters. The molecule has 0 aromatic heterocycles. The lowest BCUT2D eigenvalue weighted by Gasteiger charge is -2.09. The predicted molar refractivity (Wildman–Crippen MR) is 53.7 cm³/mol. The van der Waals surface area contributed by atoms with E-state index in [2.05, 4.69) is 5.32 Å². The van der Waals surface area contributed by atoms with Crippen LogP contribution in [0.3, 0.4) is 0 Å². The lowest BCUT2D eigenvalue weighted by molar-refractivity contribution is -0.126. The predicted octanol–water partition coefficient (Wildman–Crippen LogP) is -2.32. The average molecular weight is 221 g/mol. The number of carbonyl (C=O) groups is 2. The van der Waals surface area contributed by atoms with Crippen LogP contribution in [-0.2, 0) is 20.4 Å². The molecule has 2 amide bonds. The van der Waals surface area contributed by atoms with Crippen LogP contribution in [0.15, 0.2) is 0 Å². The average Bonchev–Trinajstić information content (AvgIpc) is 2.01. The molecule has 5 N–H and O–H groups in total. The number of hydrogen-bond acceptors (Lipinski definition) is 4. The van der Waals surface area contributed by atoms with E-state index in [-0.39, 0.29) is 13.0 Å². The van der Waals surface area contributed by atoms with Crippen LogP contribution in [0.25, 0.3) is 0 Å². The zero-order chi connectivity index (χ0) is 11.1. The minimum absolute atomic E-state index is 0.180. The third-order valence-electron chi connectivity index (χ3n) is 1.45. The van der Waals surface area contributed by atoms with Gasteiger partial charge in [-0.25, -0.2) is 0 Å². The van der Waals surface area contributed by atoms with Crippen molar-refractivity contribution in [2.45, 2.75) is 12.5 Å². The third kappa shape index (κ3) is 6.55. The summed E-state index contributed by atoms with van der Waals surface area (Å²) in [6.07, 6.45) is 1.36. The molecule has 6 nitrogen and oxygen atoms in total. The molecule has 0 radical (unpaired) electrons. The topological polar surface area (TPSA) is 115 Å². The van der Waals surface area contributed by atoms with Crippen LogP contribution >= 0.6 is 0 Å². The Kier molecular flexibility index (Phi) is 6.06. The van der Waals surface area contributed by atoms with E-state index in [1.54, 1.807) is 0 Å². The molecule has 0 saturated heterocycles. The van der Waals surface area contributed by atoms with Crippen molar-refractivity contribution >= 4 is 22.6 Å². The summed E-state index contributed by atoms with van der Waals surface area (Å²) in [5.41, 5.74) is 10.2. The van der Waals surface area contributed by atoms with Crippen molar-refractivity contribution in [1.29, 1.82) is 0 Å². The van der Waals surface area contributed by atoms with Crippen LogP contribution in [0.1, 0.15) is 6.42 Å². The van der Waals surface area contributed by atoms with E-state index < -0.39 is 28.7 Å². The summed E-state index contributed by atoms with van der Waals surface area (Å²) in [5.74, 6) is -0.698. The maximum Gasteiger partial charge on any atom is 0.237 e. The largest absolute Gasteiger partial charge is 0.370 e. The molecule has 0 rings (SSSR count). The number of amides is 2. The van der Waals surface area contributed by atoms with Crippen LogP contribution in [0.4, 0.5) is 0 Å². The molecule has 0 aliphatic carbocycles. The Hall–Kier alpha value is -0.950. The molecular weight excluding hydrogens is 206 g/mol. The molecule has 82 valence electrons. The highest BCUT2D eigenvalue weighted by Crippen LogP contribution is 1.86. The highest BCUT2D eigenvalue weighted by molar-refractivity contribution is 7.84. The molecule has 0 heterocycles. The van der Waals surface area contributed by atoms with Gasteiger partial charge in [0, 0.05) is 29.4 Å². The van der Waals surface area contributed by atoms with Crippen LogP contribution in [-0.4, -0.2) is 40.6 Å². The monoisotopic (exact) mass is 221 g/mol. The molecule has 14 heavy (non-hydrogen) atoms. The van der Waals surface area contributed by atoms with E-state index in [0.29, 0.717) is 5.75 Å². The number of hydrogen-bond donors (Lipinski definition) is 3. The van der Waals surface area contributed by atoms with Crippen molar-refractivity contribution < 1.29 is 13.8 Å². The second kappa shape index (κ2) is 6.50. The van der Waals surface area contributed by atoms with Crippen molar-refractivity contribution in [3.63, 3.8) is 0 Å². The highest BCUT2D eigenvalue weighted by atomic mass is 32.2. The fourth-order valence-electron chi connectivity index (χ4n) is 0.758. The van der Waals surface area contributed by atoms with Gasteiger partial charge in [0.15, 0.2) is 0 Å². The lowest BCUT2D eigenvalue weighted by Crippen LogP contribution is -2.44. The highest BCUT2D eigenvalue weighted by Gasteiger charge is 2.14. The van der Waals surface area contributed by atoms with Crippen LogP contribution in [0.2, 0.25) is 0 Å². The maximum absolute atomic E-state index is 11.1. The number of rotatable bonds is 6. The molecule has 7 heteroatoms. The van der Waals surface area contributed by atoms with E-state index in [4.69, 9.17) is 11.5 Å². The summed E-state index contributed by atoms with van der Waals surface area (Å²) in [6.45, 7) is 0.286. The zero-order valence-corrected chi connectivity index (χ0v) is 8.80. The van der Waals surface area contributed by atoms with Gasteiger partial charge in [0.1, 0.15) is 0 Å². The first-order valence-electron chi connectivity index (χ1n) is 4.05. The summed E-state index contributed by atoms with van der Waals surface area (Å²) < 4.78 is 10.6. The van der Waals surface area contributed by atoms with Gasteiger partial charge in [0.25, 0.3) is 0 Å². The molecule has 0 aliphatic rings. The number of primary amides is 1. The van der Waals surface area contributed by atoms with Gasteiger partial charge in [0.05, 0.1) is 12.5 Å². The maximum atomic E-state index is 11.1. The summed E-state index contributed by atoms with van der Waals surface area (Å²) in [4.78, 5) is 21.5. The van der Waals surface area contributed by atoms with Crippen LogP contribution in [0, 0.1) is 0 Å². The van der Waals surface area contributed by atoms with Gasteiger partial charge in [-0.2, -0.15) is 0 Å². The van der Waals surface area contributed by atoms with Gasteiger partial charge in [-0.1, -0.05) is 0 Å². The molecule has 0 aromatic rings. The van der Waals surface area contributed by atoms with Gasteiger partial charge >= 0.3 is 0 Å². The fourth-order valence-corrected chi connectivity index (χ4v) is 1.15. The Labute approximate surface area is 84.9 Å². The van der Waals surface area contributed by atoms with Crippen molar-refractivity contribution in [2.24, 2.45) is 11.5 Å². The Morgan fingerprint density at radius 2 is 2.07 bits per heavy atom. The minimum atomic E-state index is -0.953. The van der Waals surface area contributed by atoms with E-state index in [9.17, 15) is 13.8 Å². The first kappa shape index (κ1) is 13.1. The molecule has 0 aliphatic heterocycles. The lowest BCUT2D eigenvalue weighted by atomic mass is 10.2. The van der Waals surface area contributed by atoms with Gasteiger partial charge in [-0.05, 0) is 0 Å². The number of nitrogens with two attached hydrogens (primary N) is 2. The normalized spacial score (nSPS) is 14.4. The number of nitrogens with one attached hydrogen (secondary N) is 1. The van der Waals surface area contributed by atoms with E-state index in [1.807, 2.05) is 0 Å².